The Morgan fingerprint density at radius 3 is 2.76 bits per heavy atom. The number of anilines is 1. The molecule has 1 aromatic carbocycles. The Morgan fingerprint density at radius 1 is 1.41 bits per heavy atom. The zero-order chi connectivity index (χ0) is 12.8. The first kappa shape index (κ1) is 13.0. The van der Waals surface area contributed by atoms with Crippen molar-refractivity contribution in [1.29, 1.82) is 0 Å². The van der Waals surface area contributed by atoms with Crippen LogP contribution in [0.15, 0.2) is 18.2 Å². The third kappa shape index (κ3) is 3.48. The minimum absolute atomic E-state index is 0.0475. The largest absolute Gasteiger partial charge is 0.461 e. The summed E-state index contributed by atoms with van der Waals surface area (Å²) in [7, 11) is 1.53. The first-order valence-electron chi connectivity index (χ1n) is 5.29. The minimum Gasteiger partial charge on any atom is -0.461 e. The van der Waals surface area contributed by atoms with E-state index < -0.39 is 5.97 Å². The third-order valence-electron chi connectivity index (χ3n) is 2.39. The highest BCUT2D eigenvalue weighted by molar-refractivity contribution is 5.95. The van der Waals surface area contributed by atoms with E-state index in [1.165, 1.54) is 7.05 Å². The lowest BCUT2D eigenvalue weighted by Gasteiger charge is -2.08. The zero-order valence-electron chi connectivity index (χ0n) is 9.95. The molecule has 0 saturated heterocycles. The number of nitrogens with one attached hydrogen (secondary N) is 1. The second-order valence-electron chi connectivity index (χ2n) is 3.60. The molecule has 0 atom stereocenters. The second-order valence-corrected chi connectivity index (χ2v) is 3.60. The van der Waals surface area contributed by atoms with E-state index in [0.717, 1.165) is 5.56 Å². The third-order valence-corrected chi connectivity index (χ3v) is 2.39. The molecule has 5 heteroatoms. The van der Waals surface area contributed by atoms with Crippen molar-refractivity contribution in [3.8, 4) is 0 Å². The van der Waals surface area contributed by atoms with Crippen LogP contribution in [0.25, 0.3) is 0 Å². The second kappa shape index (κ2) is 5.89. The van der Waals surface area contributed by atoms with Crippen LogP contribution in [0.4, 0.5) is 5.69 Å². The van der Waals surface area contributed by atoms with Crippen molar-refractivity contribution >= 4 is 17.6 Å². The summed E-state index contributed by atoms with van der Waals surface area (Å²) in [5.74, 6) is -0.676. The molecular formula is C12H16N2O3. The fourth-order valence-electron chi connectivity index (χ4n) is 1.30. The average molecular weight is 236 g/mol. The van der Waals surface area contributed by atoms with E-state index in [-0.39, 0.29) is 18.9 Å². The topological polar surface area (TPSA) is 81.4 Å². The molecule has 5 nitrogen and oxygen atoms in total. The van der Waals surface area contributed by atoms with Gasteiger partial charge in [-0.3, -0.25) is 4.79 Å². The number of nitrogens with two attached hydrogens (primary N) is 1. The molecular weight excluding hydrogens is 220 g/mol. The molecule has 92 valence electrons. The maximum atomic E-state index is 11.7. The molecule has 0 unspecified atom stereocenters. The summed E-state index contributed by atoms with van der Waals surface area (Å²) in [4.78, 5) is 22.6. The molecule has 0 spiro atoms. The molecule has 3 N–H and O–H groups in total. The number of carbonyl (C=O) groups is 2. The van der Waals surface area contributed by atoms with Crippen molar-refractivity contribution in [3.63, 3.8) is 0 Å². The highest BCUT2D eigenvalue weighted by Gasteiger charge is 2.12. The van der Waals surface area contributed by atoms with E-state index in [9.17, 15) is 9.59 Å². The van der Waals surface area contributed by atoms with Gasteiger partial charge in [-0.1, -0.05) is 12.1 Å². The predicted octanol–water partition coefficient (Wildman–Crippen LogP) is 0.870. The Morgan fingerprint density at radius 2 is 2.12 bits per heavy atom. The van der Waals surface area contributed by atoms with Gasteiger partial charge in [0.1, 0.15) is 6.61 Å². The molecule has 1 aromatic rings. The number of nitrogen functional groups attached to an aromatic ring is 1. The molecule has 0 saturated carbocycles. The number of benzene rings is 1. The summed E-state index contributed by atoms with van der Waals surface area (Å²) in [5, 5.41) is 2.44. The monoisotopic (exact) mass is 236 g/mol. The van der Waals surface area contributed by atoms with Gasteiger partial charge < -0.3 is 15.8 Å². The molecule has 0 radical (unpaired) electrons. The van der Waals surface area contributed by atoms with Gasteiger partial charge in [-0.05, 0) is 18.6 Å². The number of rotatable bonds is 4. The molecule has 0 aliphatic carbocycles. The van der Waals surface area contributed by atoms with E-state index in [1.54, 1.807) is 12.1 Å². The highest BCUT2D eigenvalue weighted by Crippen LogP contribution is 2.17. The van der Waals surface area contributed by atoms with E-state index in [0.29, 0.717) is 11.3 Å². The zero-order valence-corrected chi connectivity index (χ0v) is 9.95. The van der Waals surface area contributed by atoms with Crippen molar-refractivity contribution in [3.05, 3.63) is 29.3 Å². The highest BCUT2D eigenvalue weighted by atomic mass is 16.5. The van der Waals surface area contributed by atoms with Gasteiger partial charge in [-0.15, -0.1) is 0 Å². The van der Waals surface area contributed by atoms with Gasteiger partial charge in [0.05, 0.1) is 12.0 Å². The van der Waals surface area contributed by atoms with Crippen molar-refractivity contribution in [2.75, 3.05) is 19.4 Å². The lowest BCUT2D eigenvalue weighted by Crippen LogP contribution is -2.20. The summed E-state index contributed by atoms with van der Waals surface area (Å²) < 4.78 is 4.96. The number of aryl methyl sites for hydroxylation is 1. The summed E-state index contributed by atoms with van der Waals surface area (Å²) in [6.07, 6.45) is 0.147. The SMILES string of the molecule is CNC(=O)CCOC(=O)c1cccc(C)c1N. The van der Waals surface area contributed by atoms with Crippen molar-refractivity contribution in [2.24, 2.45) is 0 Å². The van der Waals surface area contributed by atoms with E-state index in [2.05, 4.69) is 5.32 Å². The minimum atomic E-state index is -0.505. The summed E-state index contributed by atoms with van der Waals surface area (Å²) in [5.41, 5.74) is 7.34. The lowest BCUT2D eigenvalue weighted by molar-refractivity contribution is -0.121. The van der Waals surface area contributed by atoms with Gasteiger partial charge >= 0.3 is 5.97 Å². The summed E-state index contributed by atoms with van der Waals surface area (Å²) in [6, 6.07) is 5.15. The van der Waals surface area contributed by atoms with Crippen LogP contribution in [0.3, 0.4) is 0 Å². The van der Waals surface area contributed by atoms with Crippen LogP contribution in [0.1, 0.15) is 22.3 Å². The molecule has 0 aromatic heterocycles. The number of ether oxygens (including phenoxy) is 1. The van der Waals surface area contributed by atoms with E-state index in [4.69, 9.17) is 10.5 Å². The number of carbonyl (C=O) groups excluding carboxylic acids is 2. The van der Waals surface area contributed by atoms with Crippen molar-refractivity contribution < 1.29 is 14.3 Å². The fourth-order valence-corrected chi connectivity index (χ4v) is 1.30. The molecule has 0 heterocycles. The summed E-state index contributed by atoms with van der Waals surface area (Å²) in [6.45, 7) is 1.86. The predicted molar refractivity (Wildman–Crippen MR) is 64.6 cm³/mol. The van der Waals surface area contributed by atoms with Crippen LogP contribution in [0.2, 0.25) is 0 Å². The standard InChI is InChI=1S/C12H16N2O3/c1-8-4-3-5-9(11(8)13)12(16)17-7-6-10(15)14-2/h3-5H,6-7,13H2,1-2H3,(H,14,15). The molecule has 0 aliphatic heterocycles. The Bertz CT molecular complexity index is 430. The van der Waals surface area contributed by atoms with Gasteiger partial charge in [0.15, 0.2) is 0 Å². The Hall–Kier alpha value is -2.04. The van der Waals surface area contributed by atoms with Crippen LogP contribution in [0.5, 0.6) is 0 Å². The first-order valence-corrected chi connectivity index (χ1v) is 5.29. The number of amides is 1. The Balaban J connectivity index is 2.59. The van der Waals surface area contributed by atoms with Crippen LogP contribution >= 0.6 is 0 Å². The first-order chi connectivity index (χ1) is 8.06. The smallest absolute Gasteiger partial charge is 0.340 e. The van der Waals surface area contributed by atoms with Gasteiger partial charge in [0.2, 0.25) is 5.91 Å². The number of esters is 1. The normalized spacial score (nSPS) is 9.76. The van der Waals surface area contributed by atoms with E-state index >= 15 is 0 Å². The van der Waals surface area contributed by atoms with Gasteiger partial charge in [0, 0.05) is 12.7 Å². The number of hydrogen-bond acceptors (Lipinski definition) is 4. The van der Waals surface area contributed by atoms with Crippen LogP contribution < -0.4 is 11.1 Å². The van der Waals surface area contributed by atoms with Crippen LogP contribution in [0, 0.1) is 6.92 Å². The molecule has 0 fully saturated rings. The Kier molecular flexibility index (Phi) is 4.51. The van der Waals surface area contributed by atoms with Gasteiger partial charge in [0.25, 0.3) is 0 Å². The Labute approximate surface area is 99.9 Å². The quantitative estimate of drug-likeness (QED) is 0.600. The van der Waals surface area contributed by atoms with Crippen LogP contribution in [-0.2, 0) is 9.53 Å². The van der Waals surface area contributed by atoms with Gasteiger partial charge in [-0.2, -0.15) is 0 Å². The molecule has 0 aliphatic rings. The lowest BCUT2D eigenvalue weighted by atomic mass is 10.1. The van der Waals surface area contributed by atoms with Gasteiger partial charge in [-0.25, -0.2) is 4.79 Å². The molecule has 1 rings (SSSR count). The fraction of sp³-hybridized carbons (Fsp3) is 0.333. The summed E-state index contributed by atoms with van der Waals surface area (Å²) >= 11 is 0. The van der Waals surface area contributed by atoms with Crippen molar-refractivity contribution in [1.82, 2.24) is 5.32 Å². The van der Waals surface area contributed by atoms with Crippen molar-refractivity contribution in [2.45, 2.75) is 13.3 Å². The molecule has 0 bridgehead atoms. The van der Waals surface area contributed by atoms with E-state index in [1.807, 2.05) is 13.0 Å². The molecule has 17 heavy (non-hydrogen) atoms. The average Bonchev–Trinajstić information content (AvgIpc) is 2.32. The number of hydrogen-bond donors (Lipinski definition) is 2. The maximum Gasteiger partial charge on any atom is 0.340 e. The maximum absolute atomic E-state index is 11.7. The number of para-hydroxylation sites is 1. The van der Waals surface area contributed by atoms with Crippen LogP contribution in [-0.4, -0.2) is 25.5 Å². The molecule has 1 amide bonds.